The Labute approximate surface area is 155 Å². The van der Waals surface area contributed by atoms with Gasteiger partial charge in [0, 0.05) is 7.05 Å². The molecule has 1 amide bonds. The molecule has 0 spiro atoms. The molecule has 6 nitrogen and oxygen atoms in total. The lowest BCUT2D eigenvalue weighted by atomic mass is 10.1. The number of aliphatic carboxylic acids is 1. The van der Waals surface area contributed by atoms with Gasteiger partial charge >= 0.3 is 5.97 Å². The van der Waals surface area contributed by atoms with Crippen LogP contribution in [-0.4, -0.2) is 40.6 Å². The number of hydrogen-bond acceptors (Lipinski definition) is 4. The Morgan fingerprint density at radius 1 is 1.15 bits per heavy atom. The summed E-state index contributed by atoms with van der Waals surface area (Å²) in [5, 5.41) is 9.04. The van der Waals surface area contributed by atoms with E-state index in [2.05, 4.69) is 0 Å². The number of amides is 1. The lowest BCUT2D eigenvalue weighted by molar-refractivity contribution is -0.139. The maximum Gasteiger partial charge on any atom is 0.341 e. The van der Waals surface area contributed by atoms with Crippen LogP contribution < -0.4 is 9.64 Å². The third-order valence-electron chi connectivity index (χ3n) is 3.82. The van der Waals surface area contributed by atoms with Crippen molar-refractivity contribution < 1.29 is 19.4 Å². The molecule has 0 aromatic heterocycles. The van der Waals surface area contributed by atoms with E-state index >= 15 is 0 Å². The first kappa shape index (κ1) is 17.6. The van der Waals surface area contributed by atoms with E-state index in [1.54, 1.807) is 42.3 Å². The minimum Gasteiger partial charge on any atom is -0.482 e. The largest absolute Gasteiger partial charge is 0.482 e. The van der Waals surface area contributed by atoms with Gasteiger partial charge in [-0.1, -0.05) is 30.3 Å². The van der Waals surface area contributed by atoms with Crippen molar-refractivity contribution in [1.82, 2.24) is 4.90 Å². The zero-order valence-electron chi connectivity index (χ0n) is 14.0. The number of carboxylic acids is 1. The van der Waals surface area contributed by atoms with Crippen molar-refractivity contribution in [1.29, 1.82) is 0 Å². The van der Waals surface area contributed by atoms with Gasteiger partial charge in [-0.3, -0.25) is 9.69 Å². The summed E-state index contributed by atoms with van der Waals surface area (Å²) >= 11 is 5.41. The molecular formula is C19H16N2O4S. The van der Waals surface area contributed by atoms with Gasteiger partial charge in [0.1, 0.15) is 11.4 Å². The topological polar surface area (TPSA) is 70.1 Å². The number of carbonyl (C=O) groups excluding carboxylic acids is 1. The molecular weight excluding hydrogens is 352 g/mol. The smallest absolute Gasteiger partial charge is 0.341 e. The first-order valence-electron chi connectivity index (χ1n) is 7.81. The fourth-order valence-electron chi connectivity index (χ4n) is 2.52. The summed E-state index contributed by atoms with van der Waals surface area (Å²) in [4.78, 5) is 26.5. The molecule has 7 heteroatoms. The molecule has 132 valence electrons. The highest BCUT2D eigenvalue weighted by molar-refractivity contribution is 7.80. The number of benzene rings is 2. The summed E-state index contributed by atoms with van der Waals surface area (Å²) in [6.07, 6.45) is 1.73. The second-order valence-electron chi connectivity index (χ2n) is 5.60. The number of thiocarbonyl (C=S) groups is 1. The molecule has 1 saturated heterocycles. The number of ether oxygens (including phenoxy) is 1. The highest BCUT2D eigenvalue weighted by Crippen LogP contribution is 2.28. The Morgan fingerprint density at radius 2 is 1.81 bits per heavy atom. The molecule has 1 fully saturated rings. The summed E-state index contributed by atoms with van der Waals surface area (Å²) in [5.74, 6) is -0.791. The Morgan fingerprint density at radius 3 is 2.42 bits per heavy atom. The van der Waals surface area contributed by atoms with E-state index < -0.39 is 12.6 Å². The zero-order chi connectivity index (χ0) is 18.7. The quantitative estimate of drug-likeness (QED) is 0.646. The van der Waals surface area contributed by atoms with Crippen molar-refractivity contribution in [3.63, 3.8) is 0 Å². The predicted molar refractivity (Wildman–Crippen MR) is 102 cm³/mol. The predicted octanol–water partition coefficient (Wildman–Crippen LogP) is 2.75. The summed E-state index contributed by atoms with van der Waals surface area (Å²) in [7, 11) is 1.75. The van der Waals surface area contributed by atoms with Gasteiger partial charge in [0.15, 0.2) is 11.7 Å². The zero-order valence-corrected chi connectivity index (χ0v) is 14.8. The Hall–Kier alpha value is -3.19. The van der Waals surface area contributed by atoms with Crippen LogP contribution in [0.4, 0.5) is 5.69 Å². The molecule has 2 aromatic carbocycles. The summed E-state index contributed by atoms with van der Waals surface area (Å²) in [6.45, 7) is -0.401. The molecule has 0 radical (unpaired) electrons. The Kier molecular flexibility index (Phi) is 4.99. The van der Waals surface area contributed by atoms with Crippen molar-refractivity contribution in [2.45, 2.75) is 0 Å². The van der Waals surface area contributed by atoms with E-state index in [0.29, 0.717) is 16.6 Å². The molecule has 0 aliphatic carbocycles. The van der Waals surface area contributed by atoms with Crippen molar-refractivity contribution in [3.05, 3.63) is 65.9 Å². The van der Waals surface area contributed by atoms with E-state index in [0.717, 1.165) is 11.3 Å². The van der Waals surface area contributed by atoms with Gasteiger partial charge in [0.2, 0.25) is 0 Å². The van der Waals surface area contributed by atoms with E-state index in [1.165, 1.54) is 4.90 Å². The van der Waals surface area contributed by atoms with Crippen LogP contribution >= 0.6 is 12.2 Å². The maximum absolute atomic E-state index is 12.8. The van der Waals surface area contributed by atoms with Crippen molar-refractivity contribution >= 4 is 41.0 Å². The fourth-order valence-corrected chi connectivity index (χ4v) is 2.81. The number of carbonyl (C=O) groups is 2. The number of hydrogen-bond donors (Lipinski definition) is 1. The first-order valence-corrected chi connectivity index (χ1v) is 8.22. The van der Waals surface area contributed by atoms with Crippen molar-refractivity contribution in [2.75, 3.05) is 18.6 Å². The average molecular weight is 368 g/mol. The van der Waals surface area contributed by atoms with Crippen LogP contribution in [0.25, 0.3) is 6.08 Å². The number of nitrogens with zero attached hydrogens (tertiary/aromatic N) is 2. The van der Waals surface area contributed by atoms with Crippen molar-refractivity contribution in [3.8, 4) is 5.75 Å². The minimum absolute atomic E-state index is 0.199. The molecule has 0 saturated carbocycles. The summed E-state index contributed by atoms with van der Waals surface area (Å²) in [5.41, 5.74) is 1.95. The van der Waals surface area contributed by atoms with Crippen LogP contribution in [0.15, 0.2) is 60.3 Å². The number of likely N-dealkylation sites (N-methyl/N-ethyl adjacent to an activating group) is 1. The second kappa shape index (κ2) is 7.37. The lowest BCUT2D eigenvalue weighted by Crippen LogP contribution is -2.30. The molecule has 1 aliphatic heterocycles. The molecule has 1 N–H and O–H groups in total. The number of carboxylic acid groups (broad SMARTS) is 1. The third-order valence-corrected chi connectivity index (χ3v) is 4.28. The molecule has 3 rings (SSSR count). The van der Waals surface area contributed by atoms with E-state index in [-0.39, 0.29) is 5.91 Å². The number of rotatable bonds is 5. The third kappa shape index (κ3) is 3.57. The first-order chi connectivity index (χ1) is 12.5. The van der Waals surface area contributed by atoms with Crippen molar-refractivity contribution in [2.24, 2.45) is 0 Å². The number of anilines is 1. The molecule has 0 bridgehead atoms. The van der Waals surface area contributed by atoms with Gasteiger partial charge in [-0.15, -0.1) is 0 Å². The summed E-state index contributed by atoms with van der Waals surface area (Å²) in [6, 6.07) is 16.0. The van der Waals surface area contributed by atoms with Gasteiger partial charge < -0.3 is 14.7 Å². The van der Waals surface area contributed by atoms with Crippen LogP contribution in [-0.2, 0) is 9.59 Å². The summed E-state index contributed by atoms with van der Waals surface area (Å²) < 4.78 is 5.10. The monoisotopic (exact) mass is 368 g/mol. The average Bonchev–Trinajstić information content (AvgIpc) is 2.85. The van der Waals surface area contributed by atoms with E-state index in [1.807, 2.05) is 30.3 Å². The standard InChI is InChI=1S/C19H16N2O4S/c1-20-16(11-13-7-9-15(10-8-13)25-12-17(22)23)18(24)21(19(20)26)14-5-3-2-4-6-14/h2-11H,12H2,1H3,(H,22,23)/b16-11-. The minimum atomic E-state index is -1.04. The van der Waals surface area contributed by atoms with Gasteiger partial charge in [-0.25, -0.2) is 4.79 Å². The number of para-hydroxylation sites is 1. The highest BCUT2D eigenvalue weighted by Gasteiger charge is 2.36. The van der Waals surface area contributed by atoms with Crippen LogP contribution in [0.3, 0.4) is 0 Å². The fraction of sp³-hybridized carbons (Fsp3) is 0.105. The Bertz CT molecular complexity index is 878. The molecule has 2 aromatic rings. The molecule has 1 aliphatic rings. The van der Waals surface area contributed by atoms with Gasteiger partial charge in [-0.05, 0) is 48.1 Å². The molecule has 0 atom stereocenters. The van der Waals surface area contributed by atoms with Gasteiger partial charge in [0.25, 0.3) is 5.91 Å². The SMILES string of the molecule is CN1C(=S)N(c2ccccc2)C(=O)/C1=C/c1ccc(OCC(=O)O)cc1. The maximum atomic E-state index is 12.8. The Balaban J connectivity index is 1.83. The molecule has 26 heavy (non-hydrogen) atoms. The van der Waals surface area contributed by atoms with Crippen LogP contribution in [0.5, 0.6) is 5.75 Å². The van der Waals surface area contributed by atoms with Crippen LogP contribution in [0, 0.1) is 0 Å². The van der Waals surface area contributed by atoms with E-state index in [4.69, 9.17) is 22.1 Å². The normalized spacial score (nSPS) is 15.7. The highest BCUT2D eigenvalue weighted by atomic mass is 32.1. The lowest BCUT2D eigenvalue weighted by Gasteiger charge is -2.16. The second-order valence-corrected chi connectivity index (χ2v) is 5.96. The van der Waals surface area contributed by atoms with E-state index in [9.17, 15) is 9.59 Å². The van der Waals surface area contributed by atoms with Gasteiger partial charge in [-0.2, -0.15) is 0 Å². The van der Waals surface area contributed by atoms with Crippen LogP contribution in [0.1, 0.15) is 5.56 Å². The van der Waals surface area contributed by atoms with Crippen LogP contribution in [0.2, 0.25) is 0 Å². The van der Waals surface area contributed by atoms with Gasteiger partial charge in [0.05, 0.1) is 5.69 Å². The molecule has 1 heterocycles. The molecule has 0 unspecified atom stereocenters.